The van der Waals surface area contributed by atoms with Crippen molar-refractivity contribution in [3.8, 4) is 0 Å². The van der Waals surface area contributed by atoms with Gasteiger partial charge in [0.05, 0.1) is 5.69 Å². The van der Waals surface area contributed by atoms with Crippen LogP contribution in [-0.2, 0) is 18.5 Å². The van der Waals surface area contributed by atoms with Gasteiger partial charge in [0.1, 0.15) is 11.6 Å². The van der Waals surface area contributed by atoms with Gasteiger partial charge in [-0.15, -0.1) is 0 Å². The Hall–Kier alpha value is -1.16. The average molecular weight is 270 g/mol. The molecule has 106 valence electrons. The Morgan fingerprint density at radius 3 is 2.25 bits per heavy atom. The number of rotatable bonds is 1. The molecule has 2 heterocycles. The van der Waals surface area contributed by atoms with Crippen LogP contribution in [0.3, 0.4) is 0 Å². The molecule has 6 rings (SSSR count). The molecule has 1 aliphatic heterocycles. The molecule has 4 heteroatoms. The van der Waals surface area contributed by atoms with Crippen molar-refractivity contribution in [1.29, 1.82) is 0 Å². The van der Waals surface area contributed by atoms with Crippen molar-refractivity contribution < 1.29 is 0 Å². The van der Waals surface area contributed by atoms with E-state index in [1.165, 1.54) is 38.5 Å². The fraction of sp³-hybridized carbons (Fsp3) is 0.750. The third kappa shape index (κ3) is 1.46. The molecule has 1 aromatic heterocycles. The quantitative estimate of drug-likeness (QED) is 0.820. The zero-order valence-corrected chi connectivity index (χ0v) is 11.9. The average Bonchev–Trinajstić information content (AvgIpc) is 2.86. The summed E-state index contributed by atoms with van der Waals surface area (Å²) in [6.45, 7) is 1.70. The number of nitrogens with one attached hydrogen (secondary N) is 1. The number of aromatic nitrogens is 2. The fourth-order valence-corrected chi connectivity index (χ4v) is 5.82. The van der Waals surface area contributed by atoms with Crippen molar-refractivity contribution in [2.45, 2.75) is 57.0 Å². The lowest BCUT2D eigenvalue weighted by atomic mass is 9.49. The molecule has 4 saturated carbocycles. The van der Waals surface area contributed by atoms with E-state index in [9.17, 15) is 0 Å². The van der Waals surface area contributed by atoms with Gasteiger partial charge in [-0.25, -0.2) is 9.97 Å². The number of nitrogen functional groups attached to an aromatic ring is 1. The number of hydrogen-bond donors (Lipinski definition) is 2. The lowest BCUT2D eigenvalue weighted by Crippen LogP contribution is -2.49. The second kappa shape index (κ2) is 3.73. The van der Waals surface area contributed by atoms with Gasteiger partial charge in [0.2, 0.25) is 0 Å². The van der Waals surface area contributed by atoms with Gasteiger partial charge in [-0.3, -0.25) is 0 Å². The SMILES string of the molecule is Nc1nc(C23CC4CC(CC(C4)C2)C3)nc2c1CNC2. The van der Waals surface area contributed by atoms with Crippen LogP contribution in [0.25, 0.3) is 0 Å². The molecule has 4 fully saturated rings. The van der Waals surface area contributed by atoms with Crippen molar-refractivity contribution in [1.82, 2.24) is 15.3 Å². The Bertz CT molecular complexity index is 545. The molecule has 0 spiro atoms. The third-order valence-corrected chi connectivity index (χ3v) is 6.23. The molecule has 5 aliphatic rings. The second-order valence-corrected chi connectivity index (χ2v) is 7.66. The minimum Gasteiger partial charge on any atom is -0.383 e. The normalized spacial score (nSPS) is 41.1. The molecule has 20 heavy (non-hydrogen) atoms. The molecule has 0 atom stereocenters. The minimum absolute atomic E-state index is 0.264. The molecule has 4 bridgehead atoms. The fourth-order valence-electron chi connectivity index (χ4n) is 5.82. The molecule has 0 amide bonds. The Balaban J connectivity index is 1.61. The third-order valence-electron chi connectivity index (χ3n) is 6.23. The predicted molar refractivity (Wildman–Crippen MR) is 76.8 cm³/mol. The van der Waals surface area contributed by atoms with Gasteiger partial charge >= 0.3 is 0 Å². The van der Waals surface area contributed by atoms with Gasteiger partial charge in [-0.2, -0.15) is 0 Å². The summed E-state index contributed by atoms with van der Waals surface area (Å²) in [5.41, 5.74) is 8.76. The first-order chi connectivity index (χ1) is 9.72. The molecule has 0 unspecified atom stereocenters. The van der Waals surface area contributed by atoms with Gasteiger partial charge in [-0.05, 0) is 56.3 Å². The standard InChI is InChI=1S/C16H22N4/c17-14-12-7-18-8-13(12)19-15(20-14)16-4-9-1-10(5-16)3-11(2-9)6-16/h9-11,18H,1-8H2,(H2,17,19,20). The molecule has 0 aromatic carbocycles. The van der Waals surface area contributed by atoms with Crippen molar-refractivity contribution in [2.24, 2.45) is 17.8 Å². The van der Waals surface area contributed by atoms with E-state index in [2.05, 4.69) is 5.32 Å². The maximum Gasteiger partial charge on any atom is 0.137 e. The highest BCUT2D eigenvalue weighted by Gasteiger charge is 2.53. The Labute approximate surface area is 119 Å². The maximum absolute atomic E-state index is 6.20. The van der Waals surface area contributed by atoms with Gasteiger partial charge in [0.15, 0.2) is 0 Å². The highest BCUT2D eigenvalue weighted by Crippen LogP contribution is 2.60. The molecular formula is C16H22N4. The van der Waals surface area contributed by atoms with Crippen LogP contribution in [0.15, 0.2) is 0 Å². The number of nitrogens with zero attached hydrogens (tertiary/aromatic N) is 2. The summed E-state index contributed by atoms with van der Waals surface area (Å²) in [6.07, 6.45) is 8.31. The van der Waals surface area contributed by atoms with E-state index < -0.39 is 0 Å². The number of fused-ring (bicyclic) bond motifs is 1. The van der Waals surface area contributed by atoms with Crippen LogP contribution < -0.4 is 11.1 Å². The van der Waals surface area contributed by atoms with E-state index in [1.807, 2.05) is 0 Å². The maximum atomic E-state index is 6.20. The summed E-state index contributed by atoms with van der Waals surface area (Å²) in [4.78, 5) is 9.71. The van der Waals surface area contributed by atoms with Gasteiger partial charge in [-0.1, -0.05) is 0 Å². The van der Waals surface area contributed by atoms with Crippen molar-refractivity contribution in [2.75, 3.05) is 5.73 Å². The Morgan fingerprint density at radius 2 is 1.60 bits per heavy atom. The number of hydrogen-bond acceptors (Lipinski definition) is 4. The smallest absolute Gasteiger partial charge is 0.137 e. The molecule has 1 aromatic rings. The first kappa shape index (κ1) is 11.5. The first-order valence-electron chi connectivity index (χ1n) is 8.08. The van der Waals surface area contributed by atoms with Gasteiger partial charge in [0.25, 0.3) is 0 Å². The summed E-state index contributed by atoms with van der Waals surface area (Å²) in [5, 5.41) is 3.35. The molecule has 3 N–H and O–H groups in total. The van der Waals surface area contributed by atoms with Crippen molar-refractivity contribution in [3.05, 3.63) is 17.1 Å². The van der Waals surface area contributed by atoms with Gasteiger partial charge < -0.3 is 11.1 Å². The summed E-state index contributed by atoms with van der Waals surface area (Å²) < 4.78 is 0. The largest absolute Gasteiger partial charge is 0.383 e. The van der Waals surface area contributed by atoms with E-state index >= 15 is 0 Å². The van der Waals surface area contributed by atoms with E-state index in [0.29, 0.717) is 0 Å². The summed E-state index contributed by atoms with van der Waals surface area (Å²) in [6, 6.07) is 0. The van der Waals surface area contributed by atoms with E-state index in [-0.39, 0.29) is 5.41 Å². The summed E-state index contributed by atoms with van der Waals surface area (Å²) >= 11 is 0. The molecular weight excluding hydrogens is 248 g/mol. The molecule has 4 aliphatic carbocycles. The van der Waals surface area contributed by atoms with Gasteiger partial charge in [0, 0.05) is 24.1 Å². The van der Waals surface area contributed by atoms with Crippen LogP contribution in [0, 0.1) is 17.8 Å². The zero-order valence-electron chi connectivity index (χ0n) is 11.9. The highest BCUT2D eigenvalue weighted by molar-refractivity contribution is 5.45. The molecule has 4 nitrogen and oxygen atoms in total. The Kier molecular flexibility index (Phi) is 2.14. The van der Waals surface area contributed by atoms with Crippen LogP contribution in [0.1, 0.15) is 55.6 Å². The van der Waals surface area contributed by atoms with E-state index in [4.69, 9.17) is 15.7 Å². The second-order valence-electron chi connectivity index (χ2n) is 7.66. The monoisotopic (exact) mass is 270 g/mol. The predicted octanol–water partition coefficient (Wildman–Crippen LogP) is 2.13. The van der Waals surface area contributed by atoms with Crippen molar-refractivity contribution >= 4 is 5.82 Å². The van der Waals surface area contributed by atoms with Crippen molar-refractivity contribution in [3.63, 3.8) is 0 Å². The summed E-state index contributed by atoms with van der Waals surface area (Å²) in [5.74, 6) is 4.59. The van der Waals surface area contributed by atoms with Crippen LogP contribution in [0.2, 0.25) is 0 Å². The highest BCUT2D eigenvalue weighted by atomic mass is 15.0. The van der Waals surface area contributed by atoms with Crippen LogP contribution >= 0.6 is 0 Å². The lowest BCUT2D eigenvalue weighted by molar-refractivity contribution is -0.00942. The molecule has 0 radical (unpaired) electrons. The topological polar surface area (TPSA) is 63.8 Å². The Morgan fingerprint density at radius 1 is 0.950 bits per heavy atom. The van der Waals surface area contributed by atoms with Crippen LogP contribution in [0.5, 0.6) is 0 Å². The number of nitrogens with two attached hydrogens (primary N) is 1. The van der Waals surface area contributed by atoms with E-state index in [0.717, 1.165) is 53.7 Å². The minimum atomic E-state index is 0.264. The first-order valence-corrected chi connectivity index (χ1v) is 8.08. The zero-order chi connectivity index (χ0) is 13.3. The lowest BCUT2D eigenvalue weighted by Gasteiger charge is -2.56. The number of anilines is 1. The van der Waals surface area contributed by atoms with Crippen LogP contribution in [0.4, 0.5) is 5.82 Å². The van der Waals surface area contributed by atoms with E-state index in [1.54, 1.807) is 0 Å². The molecule has 0 saturated heterocycles. The van der Waals surface area contributed by atoms with Crippen LogP contribution in [-0.4, -0.2) is 9.97 Å². The summed E-state index contributed by atoms with van der Waals surface area (Å²) in [7, 11) is 0.